The number of carbonyl (C=O) groups excluding carboxylic acids is 1. The minimum atomic E-state index is -0.0602. The molecule has 0 aliphatic heterocycles. The van der Waals surface area contributed by atoms with Gasteiger partial charge in [-0.2, -0.15) is 5.10 Å². The van der Waals surface area contributed by atoms with E-state index in [1.54, 1.807) is 6.21 Å². The molecule has 0 saturated heterocycles. The van der Waals surface area contributed by atoms with Crippen LogP contribution in [0.15, 0.2) is 65.8 Å². The highest BCUT2D eigenvalue weighted by Gasteiger charge is 2.43. The summed E-state index contributed by atoms with van der Waals surface area (Å²) in [7, 11) is 0. The zero-order valence-corrected chi connectivity index (χ0v) is 14.1. The Morgan fingerprint density at radius 3 is 2.76 bits per heavy atom. The topological polar surface area (TPSA) is 54.4 Å². The van der Waals surface area contributed by atoms with Crippen molar-refractivity contribution in [1.29, 1.82) is 0 Å². The Bertz CT molecular complexity index is 956. The second kappa shape index (κ2) is 6.65. The number of benzene rings is 2. The summed E-state index contributed by atoms with van der Waals surface area (Å²) in [5.41, 5.74) is 5.32. The molecule has 1 heterocycles. The molecule has 2 aromatic carbocycles. The van der Waals surface area contributed by atoms with Gasteiger partial charge in [0.25, 0.3) is 0 Å². The molecule has 5 heteroatoms. The van der Waals surface area contributed by atoms with E-state index in [4.69, 9.17) is 11.6 Å². The molecule has 1 N–H and O–H groups in total. The Morgan fingerprint density at radius 1 is 1.16 bits per heavy atom. The average Bonchev–Trinajstić information content (AvgIpc) is 3.44. The van der Waals surface area contributed by atoms with E-state index in [-0.39, 0.29) is 11.8 Å². The molecular weight excluding hydrogens is 334 g/mol. The molecule has 1 aliphatic carbocycles. The van der Waals surface area contributed by atoms with Gasteiger partial charge in [0.15, 0.2) is 0 Å². The second-order valence-corrected chi connectivity index (χ2v) is 6.51. The lowest BCUT2D eigenvalue weighted by Crippen LogP contribution is -2.20. The first-order valence-electron chi connectivity index (χ1n) is 8.15. The van der Waals surface area contributed by atoms with Crippen molar-refractivity contribution in [3.8, 4) is 0 Å². The number of pyridine rings is 1. The summed E-state index contributed by atoms with van der Waals surface area (Å²) < 4.78 is 0. The van der Waals surface area contributed by atoms with Gasteiger partial charge >= 0.3 is 0 Å². The van der Waals surface area contributed by atoms with E-state index < -0.39 is 0 Å². The van der Waals surface area contributed by atoms with Crippen LogP contribution in [0.5, 0.6) is 0 Å². The molecule has 2 atom stereocenters. The van der Waals surface area contributed by atoms with Crippen molar-refractivity contribution in [1.82, 2.24) is 10.4 Å². The lowest BCUT2D eigenvalue weighted by molar-refractivity contribution is -0.122. The number of aromatic nitrogens is 1. The van der Waals surface area contributed by atoms with Crippen molar-refractivity contribution in [3.63, 3.8) is 0 Å². The molecule has 0 unspecified atom stereocenters. The van der Waals surface area contributed by atoms with Gasteiger partial charge in [-0.25, -0.2) is 10.4 Å². The molecule has 1 aliphatic rings. The lowest BCUT2D eigenvalue weighted by atomic mass is 10.1. The third kappa shape index (κ3) is 3.39. The fraction of sp³-hybridized carbons (Fsp3) is 0.150. The molecule has 4 nitrogen and oxygen atoms in total. The first-order valence-corrected chi connectivity index (χ1v) is 8.53. The lowest BCUT2D eigenvalue weighted by Gasteiger charge is -2.02. The Hall–Kier alpha value is -2.72. The molecule has 1 fully saturated rings. The zero-order chi connectivity index (χ0) is 17.2. The summed E-state index contributed by atoms with van der Waals surface area (Å²) in [4.78, 5) is 16.5. The van der Waals surface area contributed by atoms with Gasteiger partial charge in [0.1, 0.15) is 5.15 Å². The normalized spacial score (nSPS) is 19.2. The predicted octanol–water partition coefficient (Wildman–Crippen LogP) is 4.14. The molecular formula is C20H16ClN3O. The summed E-state index contributed by atoms with van der Waals surface area (Å²) in [6.45, 7) is 0. The highest BCUT2D eigenvalue weighted by atomic mass is 35.5. The second-order valence-electron chi connectivity index (χ2n) is 6.15. The Labute approximate surface area is 150 Å². The number of halogens is 1. The van der Waals surface area contributed by atoms with Gasteiger partial charge in [-0.1, -0.05) is 60.1 Å². The Kier molecular flexibility index (Phi) is 4.20. The van der Waals surface area contributed by atoms with Gasteiger partial charge in [-0.05, 0) is 30.0 Å². The van der Waals surface area contributed by atoms with Gasteiger partial charge in [-0.3, -0.25) is 4.79 Å². The zero-order valence-electron chi connectivity index (χ0n) is 13.4. The van der Waals surface area contributed by atoms with Crippen LogP contribution in [0.3, 0.4) is 0 Å². The number of para-hydroxylation sites is 1. The third-order valence-electron chi connectivity index (χ3n) is 4.44. The minimum Gasteiger partial charge on any atom is -0.273 e. The van der Waals surface area contributed by atoms with E-state index in [1.807, 2.05) is 48.5 Å². The SMILES string of the molecule is O=C(N/N=C/c1cc2ccccc2nc1Cl)[C@H]1C[C@@H]1c1ccccc1. The quantitative estimate of drug-likeness (QED) is 0.437. The minimum absolute atomic E-state index is 0.00949. The van der Waals surface area contributed by atoms with Crippen molar-refractivity contribution in [2.24, 2.45) is 11.0 Å². The molecule has 25 heavy (non-hydrogen) atoms. The maximum absolute atomic E-state index is 12.2. The molecule has 124 valence electrons. The van der Waals surface area contributed by atoms with E-state index in [1.165, 1.54) is 5.56 Å². The summed E-state index contributed by atoms with van der Waals surface area (Å²) in [5, 5.41) is 5.39. The van der Waals surface area contributed by atoms with Gasteiger partial charge in [0.2, 0.25) is 5.91 Å². The van der Waals surface area contributed by atoms with Crippen molar-refractivity contribution in [2.75, 3.05) is 0 Å². The van der Waals surface area contributed by atoms with Crippen LogP contribution in [0.1, 0.15) is 23.5 Å². The van der Waals surface area contributed by atoms with Crippen molar-refractivity contribution in [2.45, 2.75) is 12.3 Å². The Balaban J connectivity index is 1.42. The molecule has 1 aromatic heterocycles. The molecule has 4 rings (SSSR count). The van der Waals surface area contributed by atoms with Crippen molar-refractivity contribution >= 4 is 34.6 Å². The smallest absolute Gasteiger partial charge is 0.243 e. The first kappa shape index (κ1) is 15.8. The molecule has 0 radical (unpaired) electrons. The number of fused-ring (bicyclic) bond motifs is 1. The van der Waals surface area contributed by atoms with E-state index in [2.05, 4.69) is 27.6 Å². The fourth-order valence-electron chi connectivity index (χ4n) is 3.00. The maximum atomic E-state index is 12.2. The summed E-state index contributed by atoms with van der Waals surface area (Å²) in [5.74, 6) is 0.224. The van der Waals surface area contributed by atoms with Crippen molar-refractivity contribution in [3.05, 3.63) is 76.9 Å². The molecule has 1 amide bonds. The molecule has 0 bridgehead atoms. The van der Waals surface area contributed by atoms with Crippen LogP contribution in [0.2, 0.25) is 5.15 Å². The van der Waals surface area contributed by atoms with Gasteiger partial charge in [-0.15, -0.1) is 0 Å². The van der Waals surface area contributed by atoms with Gasteiger partial charge in [0, 0.05) is 16.9 Å². The number of carbonyl (C=O) groups is 1. The standard InChI is InChI=1S/C20H16ClN3O/c21-19-15(10-14-8-4-5-9-18(14)23-19)12-22-24-20(25)17-11-16(17)13-6-2-1-3-7-13/h1-10,12,16-17H,11H2,(H,24,25)/b22-12+/t16-,17+/m1/s1. The number of rotatable bonds is 4. The van der Waals surface area contributed by atoms with E-state index in [0.717, 1.165) is 17.3 Å². The number of hydrogen-bond donors (Lipinski definition) is 1. The average molecular weight is 350 g/mol. The number of amides is 1. The summed E-state index contributed by atoms with van der Waals surface area (Å²) >= 11 is 6.18. The van der Waals surface area contributed by atoms with Crippen LogP contribution in [0.4, 0.5) is 0 Å². The summed E-state index contributed by atoms with van der Waals surface area (Å²) in [6, 6.07) is 19.7. The number of hydrogen-bond acceptors (Lipinski definition) is 3. The van der Waals surface area contributed by atoms with Gasteiger partial charge < -0.3 is 0 Å². The van der Waals surface area contributed by atoms with Crippen LogP contribution in [0, 0.1) is 5.92 Å². The number of hydrazone groups is 1. The van der Waals surface area contributed by atoms with Gasteiger partial charge in [0.05, 0.1) is 11.7 Å². The monoisotopic (exact) mass is 349 g/mol. The highest BCUT2D eigenvalue weighted by Crippen LogP contribution is 2.47. The number of nitrogens with zero attached hydrogens (tertiary/aromatic N) is 2. The van der Waals surface area contributed by atoms with Crippen LogP contribution in [-0.4, -0.2) is 17.1 Å². The van der Waals surface area contributed by atoms with Crippen molar-refractivity contribution < 1.29 is 4.79 Å². The Morgan fingerprint density at radius 2 is 1.92 bits per heavy atom. The third-order valence-corrected chi connectivity index (χ3v) is 4.74. The number of nitrogens with one attached hydrogen (secondary N) is 1. The summed E-state index contributed by atoms with van der Waals surface area (Å²) in [6.07, 6.45) is 2.41. The maximum Gasteiger partial charge on any atom is 0.243 e. The van der Waals surface area contributed by atoms with E-state index >= 15 is 0 Å². The van der Waals surface area contributed by atoms with E-state index in [0.29, 0.717) is 16.6 Å². The largest absolute Gasteiger partial charge is 0.273 e. The first-order chi connectivity index (χ1) is 12.2. The predicted molar refractivity (Wildman–Crippen MR) is 99.8 cm³/mol. The van der Waals surface area contributed by atoms with Crippen LogP contribution in [0.25, 0.3) is 10.9 Å². The van der Waals surface area contributed by atoms with Crippen LogP contribution in [-0.2, 0) is 4.79 Å². The highest BCUT2D eigenvalue weighted by molar-refractivity contribution is 6.32. The molecule has 0 spiro atoms. The van der Waals surface area contributed by atoms with E-state index in [9.17, 15) is 4.79 Å². The fourth-order valence-corrected chi connectivity index (χ4v) is 3.20. The van der Waals surface area contributed by atoms with Crippen LogP contribution < -0.4 is 5.43 Å². The molecule has 1 saturated carbocycles. The van der Waals surface area contributed by atoms with Crippen LogP contribution >= 0.6 is 11.6 Å². The molecule has 3 aromatic rings.